The second-order valence-corrected chi connectivity index (χ2v) is 5.77. The molecule has 3 N–H and O–H groups in total. The summed E-state index contributed by atoms with van der Waals surface area (Å²) in [5.74, 6) is 6.04. The number of hydrogen-bond acceptors (Lipinski definition) is 2. The van der Waals surface area contributed by atoms with Crippen molar-refractivity contribution in [1.29, 1.82) is 0 Å². The van der Waals surface area contributed by atoms with Crippen molar-refractivity contribution in [2.45, 2.75) is 27.2 Å². The summed E-state index contributed by atoms with van der Waals surface area (Å²) in [4.78, 5) is 12.1. The zero-order valence-electron chi connectivity index (χ0n) is 11.7. The number of anilines is 1. The minimum absolute atomic E-state index is 0.108. The fraction of sp³-hybridized carbons (Fsp3) is 0.438. The topological polar surface area (TPSA) is 55.1 Å². The molecule has 0 saturated heterocycles. The van der Waals surface area contributed by atoms with Gasteiger partial charge in [-0.05, 0) is 36.5 Å². The van der Waals surface area contributed by atoms with Crippen LogP contribution in [0.2, 0.25) is 0 Å². The van der Waals surface area contributed by atoms with Gasteiger partial charge in [0.1, 0.15) is 0 Å². The second-order valence-electron chi connectivity index (χ2n) is 5.77. The van der Waals surface area contributed by atoms with Crippen LogP contribution in [0.1, 0.15) is 31.4 Å². The molecule has 1 aromatic rings. The van der Waals surface area contributed by atoms with Gasteiger partial charge in [-0.15, -0.1) is 0 Å². The molecule has 1 amide bonds. The highest BCUT2D eigenvalue weighted by molar-refractivity contribution is 5.95. The number of carbonyl (C=O) groups excluding carboxylic acids is 1. The van der Waals surface area contributed by atoms with Crippen LogP contribution in [0.5, 0.6) is 0 Å². The number of hydrogen-bond donors (Lipinski definition) is 2. The number of benzene rings is 1. The second kappa shape index (κ2) is 5.07. The van der Waals surface area contributed by atoms with E-state index in [0.717, 1.165) is 23.2 Å². The number of amides is 1. The lowest BCUT2D eigenvalue weighted by atomic mass is 10.1. The van der Waals surface area contributed by atoms with Gasteiger partial charge in [0.15, 0.2) is 0 Å². The minimum Gasteiger partial charge on any atom is -0.326 e. The molecule has 1 fully saturated rings. The van der Waals surface area contributed by atoms with Gasteiger partial charge in [0.05, 0.1) is 6.54 Å². The van der Waals surface area contributed by atoms with Crippen LogP contribution >= 0.6 is 0 Å². The number of carbonyl (C=O) groups is 1. The van der Waals surface area contributed by atoms with E-state index in [-0.39, 0.29) is 17.2 Å². The van der Waals surface area contributed by atoms with Crippen molar-refractivity contribution in [2.75, 3.05) is 11.9 Å². The quantitative estimate of drug-likeness (QED) is 0.798. The lowest BCUT2D eigenvalue weighted by Crippen LogP contribution is -2.17. The van der Waals surface area contributed by atoms with E-state index in [1.165, 1.54) is 0 Å². The molecule has 1 aromatic carbocycles. The summed E-state index contributed by atoms with van der Waals surface area (Å²) in [6.45, 7) is 6.56. The molecule has 1 atom stereocenters. The third-order valence-corrected chi connectivity index (χ3v) is 3.66. The van der Waals surface area contributed by atoms with Crippen molar-refractivity contribution in [3.05, 3.63) is 29.3 Å². The first kappa shape index (κ1) is 13.6. The van der Waals surface area contributed by atoms with Crippen LogP contribution in [0.3, 0.4) is 0 Å². The fourth-order valence-corrected chi connectivity index (χ4v) is 2.12. The molecule has 3 nitrogen and oxygen atoms in total. The first-order valence-corrected chi connectivity index (χ1v) is 6.54. The molecule has 0 spiro atoms. The summed E-state index contributed by atoms with van der Waals surface area (Å²) in [6.07, 6.45) is 0.963. The van der Waals surface area contributed by atoms with Crippen molar-refractivity contribution in [3.8, 4) is 11.8 Å². The summed E-state index contributed by atoms with van der Waals surface area (Å²) in [7, 11) is 0. The first-order valence-electron chi connectivity index (χ1n) is 6.54. The summed E-state index contributed by atoms with van der Waals surface area (Å²) in [5.41, 5.74) is 8.27. The van der Waals surface area contributed by atoms with Crippen LogP contribution < -0.4 is 11.1 Å². The molecule has 1 unspecified atom stereocenters. The molecule has 3 heteroatoms. The van der Waals surface area contributed by atoms with E-state index in [4.69, 9.17) is 5.73 Å². The molecule has 100 valence electrons. The summed E-state index contributed by atoms with van der Waals surface area (Å²) in [6, 6.07) is 5.81. The first-order chi connectivity index (χ1) is 8.94. The average molecular weight is 256 g/mol. The van der Waals surface area contributed by atoms with Crippen molar-refractivity contribution >= 4 is 11.6 Å². The Morgan fingerprint density at radius 1 is 1.53 bits per heavy atom. The van der Waals surface area contributed by atoms with E-state index in [2.05, 4.69) is 31.0 Å². The Kier molecular flexibility index (Phi) is 3.64. The lowest BCUT2D eigenvalue weighted by Gasteiger charge is -2.10. The van der Waals surface area contributed by atoms with Crippen LogP contribution in [0.4, 0.5) is 5.69 Å². The number of aryl methyl sites for hydroxylation is 1. The molecule has 1 saturated carbocycles. The molecular weight excluding hydrogens is 236 g/mol. The molecular formula is C16H20N2O. The molecule has 0 aliphatic heterocycles. The van der Waals surface area contributed by atoms with Crippen molar-refractivity contribution in [2.24, 2.45) is 17.1 Å². The van der Waals surface area contributed by atoms with Gasteiger partial charge in [-0.1, -0.05) is 31.8 Å². The van der Waals surface area contributed by atoms with Gasteiger partial charge in [-0.3, -0.25) is 4.79 Å². The number of rotatable bonds is 2. The molecule has 0 aromatic heterocycles. The highest BCUT2D eigenvalue weighted by Crippen LogP contribution is 2.52. The van der Waals surface area contributed by atoms with Crippen molar-refractivity contribution in [3.63, 3.8) is 0 Å². The van der Waals surface area contributed by atoms with Crippen LogP contribution in [-0.2, 0) is 4.79 Å². The largest absolute Gasteiger partial charge is 0.326 e. The highest BCUT2D eigenvalue weighted by atomic mass is 16.2. The van der Waals surface area contributed by atoms with Gasteiger partial charge >= 0.3 is 0 Å². The molecule has 0 heterocycles. The molecule has 19 heavy (non-hydrogen) atoms. The Hall–Kier alpha value is -1.79. The summed E-state index contributed by atoms with van der Waals surface area (Å²) >= 11 is 0. The van der Waals surface area contributed by atoms with Gasteiger partial charge in [0, 0.05) is 17.2 Å². The van der Waals surface area contributed by atoms with E-state index >= 15 is 0 Å². The van der Waals surface area contributed by atoms with Gasteiger partial charge < -0.3 is 11.1 Å². The Bertz CT molecular complexity index is 564. The van der Waals surface area contributed by atoms with Crippen LogP contribution in [-0.4, -0.2) is 12.5 Å². The maximum atomic E-state index is 12.1. The fourth-order valence-electron chi connectivity index (χ4n) is 2.12. The number of nitrogens with two attached hydrogens (primary N) is 1. The SMILES string of the molecule is Cc1ccc(C#CCN)cc1NC(=O)C1CC1(C)C. The Balaban J connectivity index is 2.13. The van der Waals surface area contributed by atoms with Gasteiger partial charge in [-0.2, -0.15) is 0 Å². The molecule has 1 aliphatic rings. The average Bonchev–Trinajstić information content (AvgIpc) is 2.99. The third-order valence-electron chi connectivity index (χ3n) is 3.66. The van der Waals surface area contributed by atoms with E-state index in [1.54, 1.807) is 0 Å². The predicted molar refractivity (Wildman–Crippen MR) is 77.6 cm³/mol. The molecule has 0 bridgehead atoms. The predicted octanol–water partition coefficient (Wildman–Crippen LogP) is 2.29. The van der Waals surface area contributed by atoms with Crippen LogP contribution in [0.25, 0.3) is 0 Å². The smallest absolute Gasteiger partial charge is 0.228 e. The van der Waals surface area contributed by atoms with Crippen molar-refractivity contribution < 1.29 is 4.79 Å². The van der Waals surface area contributed by atoms with Gasteiger partial charge in [0.25, 0.3) is 0 Å². The summed E-state index contributed by atoms with van der Waals surface area (Å²) in [5, 5.41) is 3.01. The molecule has 1 aliphatic carbocycles. The van der Waals surface area contributed by atoms with E-state index < -0.39 is 0 Å². The minimum atomic E-state index is 0.108. The van der Waals surface area contributed by atoms with E-state index in [9.17, 15) is 4.79 Å². The van der Waals surface area contributed by atoms with Crippen LogP contribution in [0.15, 0.2) is 18.2 Å². The van der Waals surface area contributed by atoms with Crippen LogP contribution in [0, 0.1) is 30.1 Å². The number of nitrogens with one attached hydrogen (secondary N) is 1. The molecule has 2 rings (SSSR count). The zero-order valence-corrected chi connectivity index (χ0v) is 11.7. The Morgan fingerprint density at radius 2 is 2.21 bits per heavy atom. The van der Waals surface area contributed by atoms with Gasteiger partial charge in [-0.25, -0.2) is 0 Å². The Morgan fingerprint density at radius 3 is 2.79 bits per heavy atom. The summed E-state index contributed by atoms with van der Waals surface area (Å²) < 4.78 is 0. The zero-order chi connectivity index (χ0) is 14.0. The highest BCUT2D eigenvalue weighted by Gasteiger charge is 2.50. The van der Waals surface area contributed by atoms with E-state index in [0.29, 0.717) is 6.54 Å². The third kappa shape index (κ3) is 3.15. The molecule has 0 radical (unpaired) electrons. The maximum absolute atomic E-state index is 12.1. The van der Waals surface area contributed by atoms with Gasteiger partial charge in [0.2, 0.25) is 5.91 Å². The standard InChI is InChI=1S/C16H20N2O/c1-11-6-7-12(5-4-8-17)9-14(11)18-15(19)13-10-16(13,2)3/h6-7,9,13H,8,10,17H2,1-3H3,(H,18,19). The Labute approximate surface area is 114 Å². The van der Waals surface area contributed by atoms with Crippen molar-refractivity contribution in [1.82, 2.24) is 0 Å². The maximum Gasteiger partial charge on any atom is 0.228 e. The van der Waals surface area contributed by atoms with E-state index in [1.807, 2.05) is 25.1 Å². The monoisotopic (exact) mass is 256 g/mol. The lowest BCUT2D eigenvalue weighted by molar-refractivity contribution is -0.118. The normalized spacial score (nSPS) is 19.3.